The van der Waals surface area contributed by atoms with Crippen LogP contribution in [0.3, 0.4) is 0 Å². The lowest BCUT2D eigenvalue weighted by Gasteiger charge is -2.29. The van der Waals surface area contributed by atoms with Gasteiger partial charge in [0.05, 0.1) is 20.8 Å². The minimum absolute atomic E-state index is 0.00398. The van der Waals surface area contributed by atoms with Crippen molar-refractivity contribution in [1.82, 2.24) is 10.8 Å². The van der Waals surface area contributed by atoms with Gasteiger partial charge in [-0.1, -0.05) is 58.5 Å². The van der Waals surface area contributed by atoms with Crippen molar-refractivity contribution in [3.05, 3.63) is 73.2 Å². The van der Waals surface area contributed by atoms with Crippen LogP contribution in [0.5, 0.6) is 0 Å². The highest BCUT2D eigenvalue weighted by molar-refractivity contribution is 7.96. The van der Waals surface area contributed by atoms with Gasteiger partial charge in [0.25, 0.3) is 0 Å². The van der Waals surface area contributed by atoms with Crippen LogP contribution in [0.25, 0.3) is 5.70 Å². The number of amides is 1. The summed E-state index contributed by atoms with van der Waals surface area (Å²) in [7, 11) is 0. The van der Waals surface area contributed by atoms with Crippen LogP contribution in [0, 0.1) is 0 Å². The van der Waals surface area contributed by atoms with Crippen molar-refractivity contribution in [2.45, 2.75) is 31.2 Å². The Balaban J connectivity index is 1.87. The van der Waals surface area contributed by atoms with Crippen molar-refractivity contribution in [3.63, 3.8) is 0 Å². The second-order valence-electron chi connectivity index (χ2n) is 7.23. The summed E-state index contributed by atoms with van der Waals surface area (Å²) < 4.78 is 42.5. The largest absolute Gasteiger partial charge is 0.428 e. The Morgan fingerprint density at radius 1 is 1.03 bits per heavy atom. The van der Waals surface area contributed by atoms with Crippen LogP contribution in [-0.2, 0) is 26.6 Å². The lowest BCUT2D eigenvalue weighted by atomic mass is 9.91. The zero-order valence-electron chi connectivity index (χ0n) is 16.9. The topological polar surface area (TPSA) is 67.4 Å². The second-order valence-corrected chi connectivity index (χ2v) is 9.32. The monoisotopic (exact) mass is 572 g/mol. The van der Waals surface area contributed by atoms with E-state index in [4.69, 9.17) is 51.2 Å². The quantitative estimate of drug-likeness (QED) is 0.262. The molecule has 0 saturated heterocycles. The average molecular weight is 574 g/mol. The van der Waals surface area contributed by atoms with Gasteiger partial charge in [-0.25, -0.2) is 0 Å². The minimum atomic E-state index is -4.88. The average Bonchev–Trinajstić information content (AvgIpc) is 3.22. The number of halogens is 7. The SMILES string of the molecule is O=C(S)CCC(=O)NCc1ccc(C2=CC(c3cc(Cl)c(Cl)c(Cl)c3)(C(F)(F)F)ON2)cc1Cl. The van der Waals surface area contributed by atoms with Crippen molar-refractivity contribution < 1.29 is 27.6 Å². The Kier molecular flexibility index (Phi) is 8.38. The van der Waals surface area contributed by atoms with E-state index in [2.05, 4.69) is 23.4 Å². The third kappa shape index (κ3) is 5.78. The Labute approximate surface area is 217 Å². The number of benzene rings is 2. The maximum Gasteiger partial charge on any atom is 0.428 e. The number of hydrogen-bond donors (Lipinski definition) is 3. The minimum Gasteiger partial charge on any atom is -0.352 e. The number of hydrogen-bond acceptors (Lipinski definition) is 4. The van der Waals surface area contributed by atoms with E-state index in [0.29, 0.717) is 11.1 Å². The van der Waals surface area contributed by atoms with Crippen molar-refractivity contribution in [1.29, 1.82) is 0 Å². The molecule has 0 saturated carbocycles. The zero-order valence-corrected chi connectivity index (χ0v) is 20.8. The van der Waals surface area contributed by atoms with E-state index in [-0.39, 0.29) is 56.6 Å². The van der Waals surface area contributed by atoms with Crippen molar-refractivity contribution in [2.24, 2.45) is 0 Å². The standard InChI is InChI=1S/C21H15Cl4F3N2O3S/c22-13-5-10(1-2-11(13)9-29-17(31)3-4-18(32)34)16-8-20(33-30-16,21(26,27)28)12-6-14(23)19(25)15(24)7-12/h1-2,5-8,30H,3-4,9H2,(H,29,31)(H,32,34). The van der Waals surface area contributed by atoms with Gasteiger partial charge < -0.3 is 5.32 Å². The highest BCUT2D eigenvalue weighted by atomic mass is 35.5. The van der Waals surface area contributed by atoms with Gasteiger partial charge in [0.15, 0.2) is 5.12 Å². The summed E-state index contributed by atoms with van der Waals surface area (Å²) in [5.41, 5.74) is -0.123. The van der Waals surface area contributed by atoms with E-state index in [0.717, 1.165) is 18.2 Å². The summed E-state index contributed by atoms with van der Waals surface area (Å²) in [4.78, 5) is 27.6. The molecule has 34 heavy (non-hydrogen) atoms. The first kappa shape index (κ1) is 27.0. The Morgan fingerprint density at radius 3 is 2.24 bits per heavy atom. The molecule has 1 aliphatic heterocycles. The lowest BCUT2D eigenvalue weighted by Crippen LogP contribution is -2.42. The molecular weight excluding hydrogens is 559 g/mol. The Morgan fingerprint density at radius 2 is 1.68 bits per heavy atom. The molecular formula is C21H15Cl4F3N2O3S. The van der Waals surface area contributed by atoms with Gasteiger partial charge >= 0.3 is 6.18 Å². The maximum absolute atomic E-state index is 14.2. The van der Waals surface area contributed by atoms with Crippen molar-refractivity contribution in [2.75, 3.05) is 0 Å². The molecule has 2 aromatic rings. The van der Waals surface area contributed by atoms with Gasteiger partial charge in [-0.2, -0.15) is 13.2 Å². The predicted molar refractivity (Wildman–Crippen MR) is 128 cm³/mol. The molecule has 2 aromatic carbocycles. The van der Waals surface area contributed by atoms with E-state index in [1.54, 1.807) is 6.07 Å². The van der Waals surface area contributed by atoms with E-state index in [1.165, 1.54) is 12.1 Å². The van der Waals surface area contributed by atoms with Crippen LogP contribution in [-0.4, -0.2) is 17.2 Å². The van der Waals surface area contributed by atoms with Crippen LogP contribution in [0.2, 0.25) is 20.1 Å². The number of nitrogens with one attached hydrogen (secondary N) is 2. The summed E-state index contributed by atoms with van der Waals surface area (Å²) in [5, 5.41) is 2.00. The van der Waals surface area contributed by atoms with E-state index in [9.17, 15) is 22.8 Å². The van der Waals surface area contributed by atoms with Crippen LogP contribution >= 0.6 is 59.0 Å². The van der Waals surface area contributed by atoms with Gasteiger partial charge in [-0.05, 0) is 29.8 Å². The number of rotatable bonds is 7. The number of thiol groups is 1. The molecule has 0 bridgehead atoms. The van der Waals surface area contributed by atoms with Gasteiger partial charge in [-0.15, -0.1) is 12.6 Å². The third-order valence-corrected chi connectivity index (χ3v) is 6.68. The predicted octanol–water partition coefficient (Wildman–Crippen LogP) is 6.49. The number of carbonyl (C=O) groups is 2. The van der Waals surface area contributed by atoms with Crippen LogP contribution < -0.4 is 10.8 Å². The molecule has 2 N–H and O–H groups in total. The van der Waals surface area contributed by atoms with Gasteiger partial charge in [0, 0.05) is 35.5 Å². The summed E-state index contributed by atoms with van der Waals surface area (Å²) in [5.74, 6) is -0.369. The first-order valence-corrected chi connectivity index (χ1v) is 11.5. The summed E-state index contributed by atoms with van der Waals surface area (Å²) in [6, 6.07) is 6.56. The molecule has 1 atom stereocenters. The van der Waals surface area contributed by atoms with Gasteiger partial charge in [0.1, 0.15) is 0 Å². The number of hydroxylamine groups is 1. The smallest absolute Gasteiger partial charge is 0.352 e. The first-order chi connectivity index (χ1) is 15.8. The molecule has 5 nitrogen and oxygen atoms in total. The fourth-order valence-corrected chi connectivity index (χ4v) is 4.07. The fourth-order valence-electron chi connectivity index (χ4n) is 3.12. The van der Waals surface area contributed by atoms with Gasteiger partial charge in [-0.3, -0.25) is 19.9 Å². The lowest BCUT2D eigenvalue weighted by molar-refractivity contribution is -0.269. The molecule has 1 amide bonds. The molecule has 182 valence electrons. The molecule has 1 unspecified atom stereocenters. The number of alkyl halides is 3. The van der Waals surface area contributed by atoms with Crippen LogP contribution in [0.15, 0.2) is 36.4 Å². The van der Waals surface area contributed by atoms with E-state index >= 15 is 0 Å². The van der Waals surface area contributed by atoms with Gasteiger partial charge in [0.2, 0.25) is 11.5 Å². The third-order valence-electron chi connectivity index (χ3n) is 4.91. The summed E-state index contributed by atoms with van der Waals surface area (Å²) in [6.07, 6.45) is -4.06. The Bertz CT molecular complexity index is 1150. The first-order valence-electron chi connectivity index (χ1n) is 9.50. The van der Waals surface area contributed by atoms with Crippen LogP contribution in [0.1, 0.15) is 29.5 Å². The molecule has 0 aromatic heterocycles. The molecule has 3 rings (SSSR count). The van der Waals surface area contributed by atoms with Crippen molar-refractivity contribution >= 4 is 75.8 Å². The number of carbonyl (C=O) groups excluding carboxylic acids is 2. The second kappa shape index (κ2) is 10.6. The summed E-state index contributed by atoms with van der Waals surface area (Å²) >= 11 is 27.6. The normalized spacial score (nSPS) is 17.8. The van der Waals surface area contributed by atoms with Crippen molar-refractivity contribution in [3.8, 4) is 0 Å². The Hall–Kier alpha value is -1.62. The zero-order chi connectivity index (χ0) is 25.3. The molecule has 0 radical (unpaired) electrons. The molecule has 1 heterocycles. The van der Waals surface area contributed by atoms with E-state index < -0.39 is 16.9 Å². The molecule has 1 aliphatic rings. The summed E-state index contributed by atoms with van der Waals surface area (Å²) in [6.45, 7) is 0.0654. The maximum atomic E-state index is 14.2. The van der Waals surface area contributed by atoms with E-state index in [1.807, 2.05) is 0 Å². The molecule has 0 fully saturated rings. The highest BCUT2D eigenvalue weighted by Crippen LogP contribution is 2.49. The molecule has 13 heteroatoms. The highest BCUT2D eigenvalue weighted by Gasteiger charge is 2.59. The van der Waals surface area contributed by atoms with Crippen LogP contribution in [0.4, 0.5) is 13.2 Å². The molecule has 0 spiro atoms. The molecule has 0 aliphatic carbocycles. The fraction of sp³-hybridized carbons (Fsp3) is 0.238.